The fraction of sp³-hybridized carbons (Fsp3) is 0.833. The highest BCUT2D eigenvalue weighted by atomic mass is 127. The Morgan fingerprint density at radius 1 is 1.12 bits per heavy atom. The zero-order chi connectivity index (χ0) is 18.1. The summed E-state index contributed by atoms with van der Waals surface area (Å²) in [5, 5.41) is 3.29. The van der Waals surface area contributed by atoms with Gasteiger partial charge < -0.3 is 19.9 Å². The van der Waals surface area contributed by atoms with E-state index in [0.29, 0.717) is 26.1 Å². The normalized spacial score (nSPS) is 20.5. The highest BCUT2D eigenvalue weighted by Crippen LogP contribution is 2.18. The molecule has 150 valence electrons. The van der Waals surface area contributed by atoms with Crippen molar-refractivity contribution in [1.29, 1.82) is 0 Å². The van der Waals surface area contributed by atoms with Crippen molar-refractivity contribution in [3.63, 3.8) is 0 Å². The fourth-order valence-electron chi connectivity index (χ4n) is 3.43. The van der Waals surface area contributed by atoms with Gasteiger partial charge in [0.2, 0.25) is 5.91 Å². The first-order chi connectivity index (χ1) is 12.2. The molecule has 1 N–H and O–H groups in total. The number of carbonyl (C=O) groups is 2. The van der Waals surface area contributed by atoms with Crippen molar-refractivity contribution in [2.24, 2.45) is 10.9 Å². The maximum absolute atomic E-state index is 12.1. The van der Waals surface area contributed by atoms with Gasteiger partial charge in [-0.2, -0.15) is 0 Å². The first-order valence-corrected chi connectivity index (χ1v) is 9.63. The predicted octanol–water partition coefficient (Wildman–Crippen LogP) is 1.86. The summed E-state index contributed by atoms with van der Waals surface area (Å²) in [4.78, 5) is 32.8. The van der Waals surface area contributed by atoms with E-state index in [1.54, 1.807) is 0 Å². The molecule has 2 aliphatic rings. The van der Waals surface area contributed by atoms with Gasteiger partial charge in [0.05, 0.1) is 19.1 Å². The maximum Gasteiger partial charge on any atom is 0.310 e. The van der Waals surface area contributed by atoms with Crippen molar-refractivity contribution >= 4 is 41.8 Å². The van der Waals surface area contributed by atoms with Crippen molar-refractivity contribution in [3.05, 3.63) is 0 Å². The Balaban J connectivity index is 0.00000338. The minimum absolute atomic E-state index is 0. The third-order valence-corrected chi connectivity index (χ3v) is 4.72. The molecule has 1 amide bonds. The van der Waals surface area contributed by atoms with Crippen LogP contribution in [0.5, 0.6) is 0 Å². The van der Waals surface area contributed by atoms with Crippen molar-refractivity contribution in [2.45, 2.75) is 46.0 Å². The number of guanidine groups is 1. The molecule has 1 unspecified atom stereocenters. The van der Waals surface area contributed by atoms with Crippen molar-refractivity contribution in [2.75, 3.05) is 45.9 Å². The van der Waals surface area contributed by atoms with E-state index in [1.807, 2.05) is 18.7 Å². The van der Waals surface area contributed by atoms with E-state index >= 15 is 0 Å². The number of esters is 1. The number of hydrogen-bond acceptors (Lipinski definition) is 4. The monoisotopic (exact) mass is 480 g/mol. The first-order valence-electron chi connectivity index (χ1n) is 9.63. The standard InChI is InChI=1S/C18H32N4O3.HI/c1-3-19-18(20-10-9-16(23)21-11-5-6-12-21)22-13-7-8-15(14-22)17(24)25-4-2;/h15H,3-14H2,1-2H3,(H,19,20);1H. The van der Waals surface area contributed by atoms with Crippen molar-refractivity contribution in [3.8, 4) is 0 Å². The van der Waals surface area contributed by atoms with Crippen molar-refractivity contribution in [1.82, 2.24) is 15.1 Å². The maximum atomic E-state index is 12.1. The number of aliphatic imine (C=N–C) groups is 1. The van der Waals surface area contributed by atoms with Gasteiger partial charge in [-0.3, -0.25) is 14.6 Å². The van der Waals surface area contributed by atoms with Gasteiger partial charge in [-0.25, -0.2) is 0 Å². The number of amides is 1. The molecular weight excluding hydrogens is 447 g/mol. The lowest BCUT2D eigenvalue weighted by molar-refractivity contribution is -0.149. The third-order valence-electron chi connectivity index (χ3n) is 4.72. The fourth-order valence-corrected chi connectivity index (χ4v) is 3.43. The van der Waals surface area contributed by atoms with Gasteiger partial charge >= 0.3 is 5.97 Å². The molecule has 0 aromatic rings. The molecule has 0 aliphatic carbocycles. The summed E-state index contributed by atoms with van der Waals surface area (Å²) in [6.45, 7) is 8.80. The van der Waals surface area contributed by atoms with Gasteiger partial charge in [0, 0.05) is 39.1 Å². The number of piperidine rings is 1. The van der Waals surface area contributed by atoms with Crippen LogP contribution in [0.25, 0.3) is 0 Å². The molecule has 0 saturated carbocycles. The third kappa shape index (κ3) is 6.92. The number of rotatable bonds is 6. The second-order valence-corrected chi connectivity index (χ2v) is 6.61. The molecule has 7 nitrogen and oxygen atoms in total. The molecule has 1 atom stereocenters. The average molecular weight is 480 g/mol. The highest BCUT2D eigenvalue weighted by molar-refractivity contribution is 14.0. The summed E-state index contributed by atoms with van der Waals surface area (Å²) >= 11 is 0. The van der Waals surface area contributed by atoms with E-state index in [4.69, 9.17) is 4.74 Å². The molecule has 0 aromatic carbocycles. The second kappa shape index (κ2) is 12.3. The summed E-state index contributed by atoms with van der Waals surface area (Å²) in [7, 11) is 0. The number of likely N-dealkylation sites (tertiary alicyclic amines) is 2. The lowest BCUT2D eigenvalue weighted by Crippen LogP contribution is -2.48. The SMILES string of the molecule is CCNC(=NCCC(=O)N1CCCC1)N1CCCC(C(=O)OCC)C1.I. The summed E-state index contributed by atoms with van der Waals surface area (Å²) < 4.78 is 5.16. The highest BCUT2D eigenvalue weighted by Gasteiger charge is 2.28. The van der Waals surface area contributed by atoms with Crippen LogP contribution in [0.4, 0.5) is 0 Å². The number of nitrogens with one attached hydrogen (secondary N) is 1. The Morgan fingerprint density at radius 3 is 2.46 bits per heavy atom. The van der Waals surface area contributed by atoms with Crippen LogP contribution in [-0.4, -0.2) is 73.5 Å². The van der Waals surface area contributed by atoms with Crippen LogP contribution in [-0.2, 0) is 14.3 Å². The number of nitrogens with zero attached hydrogens (tertiary/aromatic N) is 3. The first kappa shape index (κ1) is 23.0. The van der Waals surface area contributed by atoms with Gasteiger partial charge in [-0.05, 0) is 39.5 Å². The second-order valence-electron chi connectivity index (χ2n) is 6.61. The average Bonchev–Trinajstić information content (AvgIpc) is 3.16. The molecule has 2 aliphatic heterocycles. The van der Waals surface area contributed by atoms with Crippen LogP contribution in [0.3, 0.4) is 0 Å². The largest absolute Gasteiger partial charge is 0.466 e. The van der Waals surface area contributed by atoms with Gasteiger partial charge in [0.25, 0.3) is 0 Å². The number of carbonyl (C=O) groups excluding carboxylic acids is 2. The molecule has 0 spiro atoms. The summed E-state index contributed by atoms with van der Waals surface area (Å²) in [5.74, 6) is 0.780. The molecule has 8 heteroatoms. The topological polar surface area (TPSA) is 74.2 Å². The minimum Gasteiger partial charge on any atom is -0.466 e. The zero-order valence-electron chi connectivity index (χ0n) is 16.0. The van der Waals surface area contributed by atoms with Crippen LogP contribution < -0.4 is 5.32 Å². The van der Waals surface area contributed by atoms with E-state index in [1.165, 1.54) is 0 Å². The van der Waals surface area contributed by atoms with Crippen LogP contribution in [0.1, 0.15) is 46.0 Å². The molecule has 2 heterocycles. The molecule has 0 bridgehead atoms. The van der Waals surface area contributed by atoms with Gasteiger partial charge in [0.1, 0.15) is 0 Å². The molecule has 2 rings (SSSR count). The minimum atomic E-state index is -0.118. The molecule has 2 saturated heterocycles. The van der Waals surface area contributed by atoms with Crippen molar-refractivity contribution < 1.29 is 14.3 Å². The molecule has 0 aromatic heterocycles. The van der Waals surface area contributed by atoms with Gasteiger partial charge in [-0.1, -0.05) is 0 Å². The molecular formula is C18H33IN4O3. The van der Waals surface area contributed by atoms with Crippen LogP contribution in [0.2, 0.25) is 0 Å². The van der Waals surface area contributed by atoms with E-state index < -0.39 is 0 Å². The number of halogens is 1. The lowest BCUT2D eigenvalue weighted by atomic mass is 9.98. The van der Waals surface area contributed by atoms with Crippen LogP contribution in [0, 0.1) is 5.92 Å². The Kier molecular flexibility index (Phi) is 10.9. The summed E-state index contributed by atoms with van der Waals surface area (Å²) in [6, 6.07) is 0. The van der Waals surface area contributed by atoms with Gasteiger partial charge in [0.15, 0.2) is 5.96 Å². The summed E-state index contributed by atoms with van der Waals surface area (Å²) in [5.41, 5.74) is 0. The predicted molar refractivity (Wildman–Crippen MR) is 113 cm³/mol. The molecule has 2 fully saturated rings. The Labute approximate surface area is 173 Å². The smallest absolute Gasteiger partial charge is 0.310 e. The lowest BCUT2D eigenvalue weighted by Gasteiger charge is -2.34. The van der Waals surface area contributed by atoms with E-state index in [0.717, 1.165) is 57.8 Å². The van der Waals surface area contributed by atoms with Crippen LogP contribution in [0.15, 0.2) is 4.99 Å². The molecule has 0 radical (unpaired) electrons. The Morgan fingerprint density at radius 2 is 1.81 bits per heavy atom. The van der Waals surface area contributed by atoms with E-state index in [9.17, 15) is 9.59 Å². The van der Waals surface area contributed by atoms with E-state index in [2.05, 4.69) is 15.2 Å². The van der Waals surface area contributed by atoms with Crippen LogP contribution >= 0.6 is 24.0 Å². The summed E-state index contributed by atoms with van der Waals surface area (Å²) in [6.07, 6.45) is 4.48. The zero-order valence-corrected chi connectivity index (χ0v) is 18.4. The number of ether oxygens (including phenoxy) is 1. The Bertz CT molecular complexity index is 481. The quantitative estimate of drug-likeness (QED) is 0.272. The van der Waals surface area contributed by atoms with Gasteiger partial charge in [-0.15, -0.1) is 24.0 Å². The molecule has 26 heavy (non-hydrogen) atoms. The Hall–Kier alpha value is -1.06. The van der Waals surface area contributed by atoms with E-state index in [-0.39, 0.29) is 41.8 Å². The number of hydrogen-bond donors (Lipinski definition) is 1.